The maximum absolute atomic E-state index is 6.57. The first kappa shape index (κ1) is 16.6. The van der Waals surface area contributed by atoms with Crippen molar-refractivity contribution in [2.24, 2.45) is 5.92 Å². The lowest BCUT2D eigenvalue weighted by molar-refractivity contribution is 0.321. The highest BCUT2D eigenvalue weighted by atomic mass is 35.5. The average Bonchev–Trinajstić information content (AvgIpc) is 2.47. The quantitative estimate of drug-likeness (QED) is 0.821. The van der Waals surface area contributed by atoms with Crippen LogP contribution in [-0.2, 0) is 0 Å². The molecule has 2 nitrogen and oxygen atoms in total. The van der Waals surface area contributed by atoms with E-state index >= 15 is 0 Å². The Morgan fingerprint density at radius 1 is 1.33 bits per heavy atom. The molecule has 3 unspecified atom stereocenters. The molecule has 1 fully saturated rings. The molecule has 0 aromatic heterocycles. The van der Waals surface area contributed by atoms with Crippen LogP contribution in [0.3, 0.4) is 0 Å². The standard InChI is InChI=1S/C18H29ClN2/c1-5-20-14(3)15-10-11-18(16(19)12-15)21(4)17-9-7-6-8-13(17)2/h10-14,17,20H,5-9H2,1-4H3. The molecule has 2 rings (SSSR count). The van der Waals surface area contributed by atoms with Crippen LogP contribution in [0.25, 0.3) is 0 Å². The maximum atomic E-state index is 6.57. The molecule has 1 aromatic carbocycles. The minimum atomic E-state index is 0.348. The van der Waals surface area contributed by atoms with Gasteiger partial charge in [0.25, 0.3) is 0 Å². The van der Waals surface area contributed by atoms with Gasteiger partial charge in [0.05, 0.1) is 10.7 Å². The van der Waals surface area contributed by atoms with Gasteiger partial charge >= 0.3 is 0 Å². The van der Waals surface area contributed by atoms with Gasteiger partial charge in [-0.15, -0.1) is 0 Å². The Hall–Kier alpha value is -0.730. The van der Waals surface area contributed by atoms with Crippen molar-refractivity contribution in [3.63, 3.8) is 0 Å². The topological polar surface area (TPSA) is 15.3 Å². The second kappa shape index (κ2) is 7.51. The average molecular weight is 309 g/mol. The van der Waals surface area contributed by atoms with Crippen molar-refractivity contribution in [2.75, 3.05) is 18.5 Å². The van der Waals surface area contributed by atoms with Gasteiger partial charge < -0.3 is 10.2 Å². The fourth-order valence-electron chi connectivity index (χ4n) is 3.55. The summed E-state index contributed by atoms with van der Waals surface area (Å²) >= 11 is 6.57. The van der Waals surface area contributed by atoms with Crippen molar-refractivity contribution < 1.29 is 0 Å². The summed E-state index contributed by atoms with van der Waals surface area (Å²) < 4.78 is 0. The Balaban J connectivity index is 2.16. The van der Waals surface area contributed by atoms with E-state index in [1.165, 1.54) is 36.9 Å². The zero-order valence-corrected chi connectivity index (χ0v) is 14.6. The molecule has 0 radical (unpaired) electrons. The second-order valence-corrected chi connectivity index (χ2v) is 6.84. The fourth-order valence-corrected chi connectivity index (χ4v) is 3.88. The Labute approximate surface area is 134 Å². The van der Waals surface area contributed by atoms with Crippen molar-refractivity contribution in [2.45, 2.75) is 58.5 Å². The van der Waals surface area contributed by atoms with E-state index in [1.54, 1.807) is 0 Å². The molecule has 1 aliphatic rings. The van der Waals surface area contributed by atoms with Gasteiger partial charge in [0.1, 0.15) is 0 Å². The van der Waals surface area contributed by atoms with Gasteiger partial charge in [-0.2, -0.15) is 0 Å². The predicted molar refractivity (Wildman–Crippen MR) is 93.4 cm³/mol. The zero-order valence-electron chi connectivity index (χ0n) is 13.8. The molecule has 0 heterocycles. The van der Waals surface area contributed by atoms with Crippen LogP contribution in [0.15, 0.2) is 18.2 Å². The molecule has 0 spiro atoms. The minimum absolute atomic E-state index is 0.348. The Morgan fingerprint density at radius 3 is 2.67 bits per heavy atom. The van der Waals surface area contributed by atoms with Crippen LogP contribution in [0.1, 0.15) is 58.1 Å². The summed E-state index contributed by atoms with van der Waals surface area (Å²) in [6.07, 6.45) is 5.33. The number of hydrogen-bond acceptors (Lipinski definition) is 2. The van der Waals surface area contributed by atoms with Crippen LogP contribution < -0.4 is 10.2 Å². The molecule has 0 bridgehead atoms. The number of anilines is 1. The van der Waals surface area contributed by atoms with Gasteiger partial charge in [-0.1, -0.05) is 44.4 Å². The molecule has 118 valence electrons. The SMILES string of the molecule is CCNC(C)c1ccc(N(C)C2CCCCC2C)c(Cl)c1. The second-order valence-electron chi connectivity index (χ2n) is 6.43. The number of halogens is 1. The van der Waals surface area contributed by atoms with Crippen molar-refractivity contribution >= 4 is 17.3 Å². The van der Waals surface area contributed by atoms with Crippen LogP contribution in [0.4, 0.5) is 5.69 Å². The van der Waals surface area contributed by atoms with Gasteiger partial charge in [0.2, 0.25) is 0 Å². The lowest BCUT2D eigenvalue weighted by Crippen LogP contribution is -2.39. The Kier molecular flexibility index (Phi) is 5.95. The van der Waals surface area contributed by atoms with E-state index in [-0.39, 0.29) is 0 Å². The molecular weight excluding hydrogens is 280 g/mol. The van der Waals surface area contributed by atoms with E-state index in [4.69, 9.17) is 11.6 Å². The first-order valence-electron chi connectivity index (χ1n) is 8.30. The normalized spacial score (nSPS) is 23.9. The predicted octanol–water partition coefficient (Wildman–Crippen LogP) is 5.03. The van der Waals surface area contributed by atoms with Crippen LogP contribution >= 0.6 is 11.6 Å². The number of nitrogens with one attached hydrogen (secondary N) is 1. The first-order chi connectivity index (χ1) is 10.0. The molecule has 0 saturated heterocycles. The molecule has 0 aliphatic heterocycles. The summed E-state index contributed by atoms with van der Waals surface area (Å²) in [6.45, 7) is 7.66. The van der Waals surface area contributed by atoms with E-state index in [0.717, 1.165) is 17.5 Å². The summed E-state index contributed by atoms with van der Waals surface area (Å²) in [7, 11) is 2.20. The summed E-state index contributed by atoms with van der Waals surface area (Å²) in [5.41, 5.74) is 2.43. The van der Waals surface area contributed by atoms with E-state index < -0.39 is 0 Å². The number of rotatable bonds is 5. The van der Waals surface area contributed by atoms with Gasteiger partial charge in [-0.3, -0.25) is 0 Å². The Bertz CT molecular complexity index is 461. The lowest BCUT2D eigenvalue weighted by Gasteiger charge is -2.38. The molecule has 1 saturated carbocycles. The zero-order chi connectivity index (χ0) is 15.4. The van der Waals surface area contributed by atoms with Gasteiger partial charge in [-0.25, -0.2) is 0 Å². The molecule has 3 heteroatoms. The van der Waals surface area contributed by atoms with E-state index in [0.29, 0.717) is 12.1 Å². The van der Waals surface area contributed by atoms with Crippen molar-refractivity contribution in [3.05, 3.63) is 28.8 Å². The van der Waals surface area contributed by atoms with Gasteiger partial charge in [-0.05, 0) is 49.9 Å². The molecule has 21 heavy (non-hydrogen) atoms. The lowest BCUT2D eigenvalue weighted by atomic mass is 9.85. The minimum Gasteiger partial charge on any atom is -0.370 e. The fraction of sp³-hybridized carbons (Fsp3) is 0.667. The third-order valence-electron chi connectivity index (χ3n) is 4.93. The maximum Gasteiger partial charge on any atom is 0.0642 e. The van der Waals surface area contributed by atoms with E-state index in [9.17, 15) is 0 Å². The highest BCUT2D eigenvalue weighted by Gasteiger charge is 2.26. The van der Waals surface area contributed by atoms with Crippen LogP contribution in [0.2, 0.25) is 5.02 Å². The Morgan fingerprint density at radius 2 is 2.05 bits per heavy atom. The smallest absolute Gasteiger partial charge is 0.0642 e. The van der Waals surface area contributed by atoms with Crippen molar-refractivity contribution in [1.29, 1.82) is 0 Å². The summed E-state index contributed by atoms with van der Waals surface area (Å²) in [5, 5.41) is 4.31. The van der Waals surface area contributed by atoms with Crippen molar-refractivity contribution in [3.8, 4) is 0 Å². The molecule has 1 aromatic rings. The summed E-state index contributed by atoms with van der Waals surface area (Å²) in [6, 6.07) is 7.48. The van der Waals surface area contributed by atoms with E-state index in [1.807, 2.05) is 0 Å². The summed E-state index contributed by atoms with van der Waals surface area (Å²) in [5.74, 6) is 0.750. The van der Waals surface area contributed by atoms with Gasteiger partial charge in [0.15, 0.2) is 0 Å². The number of benzene rings is 1. The number of nitrogens with zero attached hydrogens (tertiary/aromatic N) is 1. The largest absolute Gasteiger partial charge is 0.370 e. The molecule has 1 aliphatic carbocycles. The first-order valence-corrected chi connectivity index (χ1v) is 8.68. The van der Waals surface area contributed by atoms with Gasteiger partial charge in [0, 0.05) is 19.1 Å². The molecule has 3 atom stereocenters. The number of hydrogen-bond donors (Lipinski definition) is 1. The molecule has 0 amide bonds. The highest BCUT2D eigenvalue weighted by molar-refractivity contribution is 6.33. The highest BCUT2D eigenvalue weighted by Crippen LogP contribution is 2.35. The van der Waals surface area contributed by atoms with Crippen molar-refractivity contribution in [1.82, 2.24) is 5.32 Å². The monoisotopic (exact) mass is 308 g/mol. The van der Waals surface area contributed by atoms with Crippen LogP contribution in [-0.4, -0.2) is 19.6 Å². The van der Waals surface area contributed by atoms with Crippen LogP contribution in [0.5, 0.6) is 0 Å². The molecule has 1 N–H and O–H groups in total. The summed E-state index contributed by atoms with van der Waals surface area (Å²) in [4.78, 5) is 2.40. The third-order valence-corrected chi connectivity index (χ3v) is 5.23. The third kappa shape index (κ3) is 3.92. The van der Waals surface area contributed by atoms with E-state index in [2.05, 4.69) is 56.2 Å². The van der Waals surface area contributed by atoms with Crippen LogP contribution in [0, 0.1) is 5.92 Å². The molecular formula is C18H29ClN2.